The van der Waals surface area contributed by atoms with E-state index in [2.05, 4.69) is 10.3 Å². The largest absolute Gasteiger partial charge is 0.489 e. The Morgan fingerprint density at radius 3 is 2.77 bits per heavy atom. The Hall–Kier alpha value is -2.80. The number of likely N-dealkylation sites (N-methyl/N-ethyl adjacent to an activating group) is 1. The third-order valence-corrected chi connectivity index (χ3v) is 7.22. The van der Waals surface area contributed by atoms with Crippen LogP contribution in [0.25, 0.3) is 0 Å². The van der Waals surface area contributed by atoms with Crippen LogP contribution < -0.4 is 15.1 Å². The van der Waals surface area contributed by atoms with Crippen LogP contribution in [0, 0.1) is 12.7 Å². The van der Waals surface area contributed by atoms with Crippen LogP contribution >= 0.6 is 0 Å². The molecule has 31 heavy (non-hydrogen) atoms. The number of anilines is 2. The van der Waals surface area contributed by atoms with Crippen molar-refractivity contribution in [2.45, 2.75) is 25.5 Å². The fourth-order valence-electron chi connectivity index (χ4n) is 3.72. The molecule has 2 fully saturated rings. The van der Waals surface area contributed by atoms with E-state index in [-0.39, 0.29) is 29.7 Å². The van der Waals surface area contributed by atoms with Crippen molar-refractivity contribution in [1.29, 1.82) is 0 Å². The van der Waals surface area contributed by atoms with Crippen LogP contribution in [0.2, 0.25) is 0 Å². The lowest BCUT2D eigenvalue weighted by Crippen LogP contribution is -2.34. The summed E-state index contributed by atoms with van der Waals surface area (Å²) in [4.78, 5) is 16.3. The van der Waals surface area contributed by atoms with Gasteiger partial charge in [0.05, 0.1) is 18.4 Å². The molecule has 4 rings (SSSR count). The number of urea groups is 1. The average molecular weight is 451 g/mol. The summed E-state index contributed by atoms with van der Waals surface area (Å²) >= 11 is 0. The summed E-state index contributed by atoms with van der Waals surface area (Å²) in [5.41, 5.74) is 0.940. The second-order valence-corrected chi connectivity index (χ2v) is 9.55. The van der Waals surface area contributed by atoms with Gasteiger partial charge in [-0.3, -0.25) is 10.2 Å². The minimum absolute atomic E-state index is 0.0740. The maximum atomic E-state index is 14.1. The van der Waals surface area contributed by atoms with Gasteiger partial charge in [-0.25, -0.2) is 9.18 Å². The highest BCUT2D eigenvalue weighted by atomic mass is 32.2. The fraction of sp³-hybridized carbons (Fsp3) is 0.368. The molecule has 12 heteroatoms. The number of hydrogen-bond donors (Lipinski definition) is 2. The summed E-state index contributed by atoms with van der Waals surface area (Å²) in [5.74, 6) is -0.506. The summed E-state index contributed by atoms with van der Waals surface area (Å²) < 4.78 is 47.1. The molecule has 2 N–H and O–H groups in total. The molecule has 2 saturated heterocycles. The summed E-state index contributed by atoms with van der Waals surface area (Å²) in [6.45, 7) is 2.31. The maximum absolute atomic E-state index is 14.1. The van der Waals surface area contributed by atoms with Crippen molar-refractivity contribution in [3.63, 3.8) is 0 Å². The van der Waals surface area contributed by atoms with Crippen molar-refractivity contribution in [3.05, 3.63) is 48.0 Å². The number of rotatable bonds is 4. The molecule has 2 aliphatic heterocycles. The Morgan fingerprint density at radius 1 is 1.32 bits per heavy atom. The van der Waals surface area contributed by atoms with E-state index in [1.807, 2.05) is 0 Å². The number of carbonyl (C=O) groups is 1. The monoisotopic (exact) mass is 451 g/mol. The van der Waals surface area contributed by atoms with Crippen LogP contribution in [0.4, 0.5) is 20.6 Å². The Labute approximate surface area is 179 Å². The molecule has 2 aromatic rings. The van der Waals surface area contributed by atoms with Gasteiger partial charge in [0.25, 0.3) is 10.2 Å². The Morgan fingerprint density at radius 2 is 2.10 bits per heavy atom. The molecule has 0 aliphatic carbocycles. The van der Waals surface area contributed by atoms with Gasteiger partial charge in [-0.1, -0.05) is 0 Å². The van der Waals surface area contributed by atoms with Crippen molar-refractivity contribution in [3.8, 4) is 5.75 Å². The molecule has 166 valence electrons. The molecule has 2 amide bonds. The molecule has 1 aromatic carbocycles. The van der Waals surface area contributed by atoms with Crippen LogP contribution in [0.1, 0.15) is 12.1 Å². The van der Waals surface area contributed by atoms with E-state index in [0.717, 1.165) is 17.8 Å². The lowest BCUT2D eigenvalue weighted by atomic mass is 10.2. The molecule has 2 aliphatic rings. The number of carbonyl (C=O) groups excluding carboxylic acids is 1. The molecular formula is C19H22FN5O5S. The van der Waals surface area contributed by atoms with E-state index in [1.54, 1.807) is 13.0 Å². The minimum atomic E-state index is -3.48. The van der Waals surface area contributed by atoms with Crippen LogP contribution in [0.15, 0.2) is 36.5 Å². The lowest BCUT2D eigenvalue weighted by molar-refractivity contribution is 0.211. The van der Waals surface area contributed by atoms with Gasteiger partial charge in [0.15, 0.2) is 0 Å². The van der Waals surface area contributed by atoms with Gasteiger partial charge < -0.3 is 10.1 Å². The summed E-state index contributed by atoms with van der Waals surface area (Å²) in [6.07, 6.45) is 1.37. The second kappa shape index (κ2) is 8.04. The molecule has 0 saturated carbocycles. The minimum Gasteiger partial charge on any atom is -0.489 e. The maximum Gasteiger partial charge on any atom is 0.350 e. The number of halogens is 1. The fourth-order valence-corrected chi connectivity index (χ4v) is 5.33. The first-order valence-corrected chi connectivity index (χ1v) is 11.0. The zero-order valence-corrected chi connectivity index (χ0v) is 17.7. The zero-order valence-electron chi connectivity index (χ0n) is 16.9. The van der Waals surface area contributed by atoms with Gasteiger partial charge in [-0.05, 0) is 25.1 Å². The highest BCUT2D eigenvalue weighted by Crippen LogP contribution is 2.32. The Bertz CT molecular complexity index is 1100. The summed E-state index contributed by atoms with van der Waals surface area (Å²) in [6, 6.07) is 5.70. The number of hydroxylamine groups is 1. The van der Waals surface area contributed by atoms with Crippen molar-refractivity contribution in [1.82, 2.24) is 13.6 Å². The zero-order chi connectivity index (χ0) is 22.3. The SMILES string of the molecule is Cc1ccc(N(O)C(=O)Nc2cc(F)cc(O[C@@H]3C[C@H]4CN(C)S(=O)(=O)N4C3)c2)cn1. The normalized spacial score (nSPS) is 22.8. The number of aromatic nitrogens is 1. The van der Waals surface area contributed by atoms with E-state index < -0.39 is 28.2 Å². The molecular weight excluding hydrogens is 429 g/mol. The van der Waals surface area contributed by atoms with E-state index >= 15 is 0 Å². The van der Waals surface area contributed by atoms with Crippen molar-refractivity contribution in [2.75, 3.05) is 30.5 Å². The number of pyridine rings is 1. The van der Waals surface area contributed by atoms with Crippen LogP contribution in [0.5, 0.6) is 5.75 Å². The summed E-state index contributed by atoms with van der Waals surface area (Å²) in [5, 5.41) is 12.8. The smallest absolute Gasteiger partial charge is 0.350 e. The number of amides is 2. The number of fused-ring (bicyclic) bond motifs is 1. The predicted octanol–water partition coefficient (Wildman–Crippen LogP) is 1.97. The van der Waals surface area contributed by atoms with E-state index in [9.17, 15) is 22.8 Å². The highest BCUT2D eigenvalue weighted by Gasteiger charge is 2.48. The van der Waals surface area contributed by atoms with Crippen molar-refractivity contribution >= 4 is 27.6 Å². The number of benzene rings is 1. The number of ether oxygens (including phenoxy) is 1. The van der Waals surface area contributed by atoms with Crippen LogP contribution in [0.3, 0.4) is 0 Å². The Kier molecular flexibility index (Phi) is 5.56. The molecule has 10 nitrogen and oxygen atoms in total. The number of nitrogens with zero attached hydrogens (tertiary/aromatic N) is 4. The molecule has 0 radical (unpaired) electrons. The topological polar surface area (TPSA) is 115 Å². The third kappa shape index (κ3) is 4.32. The Balaban J connectivity index is 1.43. The number of aryl methyl sites for hydroxylation is 1. The van der Waals surface area contributed by atoms with Crippen molar-refractivity contribution in [2.24, 2.45) is 0 Å². The molecule has 2 atom stereocenters. The van der Waals surface area contributed by atoms with Crippen LogP contribution in [-0.4, -0.2) is 65.5 Å². The van der Waals surface area contributed by atoms with Gasteiger partial charge in [0.1, 0.15) is 17.7 Å². The summed E-state index contributed by atoms with van der Waals surface area (Å²) in [7, 11) is -1.95. The van der Waals surface area contributed by atoms with E-state index in [1.165, 1.54) is 34.0 Å². The van der Waals surface area contributed by atoms with Gasteiger partial charge >= 0.3 is 6.03 Å². The molecule has 0 unspecified atom stereocenters. The highest BCUT2D eigenvalue weighted by molar-refractivity contribution is 7.87. The van der Waals surface area contributed by atoms with E-state index in [0.29, 0.717) is 18.0 Å². The average Bonchev–Trinajstić information content (AvgIpc) is 3.18. The number of hydrogen-bond acceptors (Lipinski definition) is 6. The molecule has 1 aromatic heterocycles. The lowest BCUT2D eigenvalue weighted by Gasteiger charge is -2.18. The van der Waals surface area contributed by atoms with E-state index in [4.69, 9.17) is 4.74 Å². The van der Waals surface area contributed by atoms with Crippen LogP contribution in [-0.2, 0) is 10.2 Å². The predicted molar refractivity (Wildman–Crippen MR) is 110 cm³/mol. The first-order chi connectivity index (χ1) is 14.6. The standard InChI is InChI=1S/C19H22FN5O5S/c1-12-3-4-15(9-21-12)25(27)19(26)22-14-5-13(20)6-17(7-14)30-18-8-16-10-23(2)31(28,29)24(16)11-18/h3-7,9,16,18,27H,8,10-11H2,1-2H3,(H,22,26)/t16-,18+/m0/s1. The third-order valence-electron chi connectivity index (χ3n) is 5.24. The first kappa shape index (κ1) is 21.4. The van der Waals surface area contributed by atoms with Gasteiger partial charge in [-0.2, -0.15) is 22.1 Å². The van der Waals surface area contributed by atoms with Gasteiger partial charge in [0, 0.05) is 49.6 Å². The van der Waals surface area contributed by atoms with Crippen molar-refractivity contribution < 1.29 is 27.5 Å². The second-order valence-electron chi connectivity index (χ2n) is 7.56. The van der Waals surface area contributed by atoms with Gasteiger partial charge in [0.2, 0.25) is 0 Å². The molecule has 3 heterocycles. The number of nitrogens with one attached hydrogen (secondary N) is 1. The molecule has 0 spiro atoms. The first-order valence-electron chi connectivity index (χ1n) is 9.56. The van der Waals surface area contributed by atoms with Gasteiger partial charge in [-0.15, -0.1) is 0 Å². The quantitative estimate of drug-likeness (QED) is 0.543. The molecule has 0 bridgehead atoms.